The first kappa shape index (κ1) is 14.3. The molecule has 1 aromatic heterocycles. The predicted octanol–water partition coefficient (Wildman–Crippen LogP) is 1.54. The van der Waals surface area contributed by atoms with Crippen molar-refractivity contribution in [2.75, 3.05) is 32.2 Å². The predicted molar refractivity (Wildman–Crippen MR) is 83.4 cm³/mol. The van der Waals surface area contributed by atoms with Crippen LogP contribution in [-0.2, 0) is 16.0 Å². The van der Waals surface area contributed by atoms with Crippen molar-refractivity contribution in [3.05, 3.63) is 35.9 Å². The number of nitrogens with two attached hydrogens (primary N) is 1. The zero-order chi connectivity index (χ0) is 14.8. The maximum Gasteiger partial charge on any atom is 0.133 e. The van der Waals surface area contributed by atoms with E-state index in [-0.39, 0.29) is 12.2 Å². The molecule has 1 aromatic carbocycles. The molecule has 1 fully saturated rings. The Balaban J connectivity index is 1.99. The van der Waals surface area contributed by atoms with Crippen LogP contribution in [0.3, 0.4) is 0 Å². The van der Waals surface area contributed by atoms with Gasteiger partial charge in [0.1, 0.15) is 18.0 Å². The Morgan fingerprint density at radius 3 is 2.48 bits per heavy atom. The number of fused-ring (bicyclic) bond motifs is 1. The molecule has 2 atom stereocenters. The van der Waals surface area contributed by atoms with Crippen LogP contribution in [0.25, 0.3) is 10.9 Å². The van der Waals surface area contributed by atoms with Crippen molar-refractivity contribution < 1.29 is 9.47 Å². The quantitative estimate of drug-likeness (QED) is 0.924. The summed E-state index contributed by atoms with van der Waals surface area (Å²) in [5.41, 5.74) is 7.96. The molecule has 0 radical (unpaired) electrons. The molecule has 2 aromatic rings. The van der Waals surface area contributed by atoms with Gasteiger partial charge in [0.25, 0.3) is 0 Å². The Labute approximate surface area is 124 Å². The van der Waals surface area contributed by atoms with Gasteiger partial charge in [0.2, 0.25) is 0 Å². The second-order valence-electron chi connectivity index (χ2n) is 5.32. The van der Waals surface area contributed by atoms with Gasteiger partial charge < -0.3 is 20.1 Å². The molecule has 5 heteroatoms. The lowest BCUT2D eigenvalue weighted by molar-refractivity contribution is -0.00461. The molecule has 2 heterocycles. The Morgan fingerprint density at radius 1 is 1.19 bits per heavy atom. The number of hydrogen-bond acceptors (Lipinski definition) is 5. The fourth-order valence-corrected chi connectivity index (χ4v) is 2.94. The molecule has 3 rings (SSSR count). The molecular weight excluding hydrogens is 266 g/mol. The second kappa shape index (κ2) is 5.97. The summed E-state index contributed by atoms with van der Waals surface area (Å²) in [6.07, 6.45) is 0.128. The number of pyridine rings is 1. The van der Waals surface area contributed by atoms with Crippen LogP contribution < -0.4 is 10.6 Å². The fraction of sp³-hybridized carbons (Fsp3) is 0.438. The largest absolute Gasteiger partial charge is 0.377 e. The molecule has 0 bridgehead atoms. The molecule has 2 N–H and O–H groups in total. The molecule has 0 spiro atoms. The van der Waals surface area contributed by atoms with E-state index in [9.17, 15) is 0 Å². The van der Waals surface area contributed by atoms with E-state index in [1.54, 1.807) is 14.2 Å². The smallest absolute Gasteiger partial charge is 0.133 e. The van der Waals surface area contributed by atoms with E-state index in [0.29, 0.717) is 6.54 Å². The SMILES string of the molecule is COC1CN(c2nc3ccccc3cc2CN)CC1OC. The van der Waals surface area contributed by atoms with Crippen LogP contribution in [0.1, 0.15) is 5.56 Å². The third-order valence-corrected chi connectivity index (χ3v) is 4.12. The average Bonchev–Trinajstić information content (AvgIpc) is 2.96. The number of anilines is 1. The summed E-state index contributed by atoms with van der Waals surface area (Å²) in [5, 5.41) is 1.12. The van der Waals surface area contributed by atoms with Crippen LogP contribution in [-0.4, -0.2) is 44.5 Å². The highest BCUT2D eigenvalue weighted by atomic mass is 16.5. The summed E-state index contributed by atoms with van der Waals surface area (Å²) >= 11 is 0. The van der Waals surface area contributed by atoms with Gasteiger partial charge in [-0.05, 0) is 12.1 Å². The number of ether oxygens (including phenoxy) is 2. The normalized spacial score (nSPS) is 22.1. The monoisotopic (exact) mass is 287 g/mol. The van der Waals surface area contributed by atoms with Gasteiger partial charge in [0.15, 0.2) is 0 Å². The van der Waals surface area contributed by atoms with E-state index in [1.807, 2.05) is 18.2 Å². The van der Waals surface area contributed by atoms with Crippen molar-refractivity contribution in [2.45, 2.75) is 18.8 Å². The maximum atomic E-state index is 5.91. The van der Waals surface area contributed by atoms with E-state index in [1.165, 1.54) is 0 Å². The van der Waals surface area contributed by atoms with Crippen LogP contribution in [0.5, 0.6) is 0 Å². The van der Waals surface area contributed by atoms with E-state index >= 15 is 0 Å². The van der Waals surface area contributed by atoms with Crippen LogP contribution in [0.15, 0.2) is 30.3 Å². The summed E-state index contributed by atoms with van der Waals surface area (Å²) in [4.78, 5) is 7.01. The third-order valence-electron chi connectivity index (χ3n) is 4.12. The molecule has 0 amide bonds. The Bertz CT molecular complexity index is 620. The molecule has 0 saturated carbocycles. The number of aromatic nitrogens is 1. The first-order chi connectivity index (χ1) is 10.3. The van der Waals surface area contributed by atoms with Crippen molar-refractivity contribution in [1.29, 1.82) is 0 Å². The number of hydrogen-bond donors (Lipinski definition) is 1. The number of rotatable bonds is 4. The van der Waals surface area contributed by atoms with E-state index in [0.717, 1.165) is 35.4 Å². The summed E-state index contributed by atoms with van der Waals surface area (Å²) in [7, 11) is 3.44. The van der Waals surface area contributed by atoms with Crippen molar-refractivity contribution in [2.24, 2.45) is 5.73 Å². The van der Waals surface area contributed by atoms with Gasteiger partial charge in [0, 0.05) is 44.8 Å². The standard InChI is InChI=1S/C16H21N3O2/c1-20-14-9-19(10-15(14)21-2)16-12(8-17)7-11-5-3-4-6-13(11)18-16/h3-7,14-15H,8-10,17H2,1-2H3. The fourth-order valence-electron chi connectivity index (χ4n) is 2.94. The first-order valence-electron chi connectivity index (χ1n) is 7.16. The molecule has 1 aliphatic heterocycles. The van der Waals surface area contributed by atoms with Crippen molar-refractivity contribution in [3.63, 3.8) is 0 Å². The van der Waals surface area contributed by atoms with Gasteiger partial charge in [-0.15, -0.1) is 0 Å². The summed E-state index contributed by atoms with van der Waals surface area (Å²) in [6, 6.07) is 10.2. The Morgan fingerprint density at radius 2 is 1.86 bits per heavy atom. The van der Waals surface area contributed by atoms with Crippen LogP contribution in [0, 0.1) is 0 Å². The van der Waals surface area contributed by atoms with E-state index in [2.05, 4.69) is 17.0 Å². The molecule has 112 valence electrons. The Hall–Kier alpha value is -1.69. The average molecular weight is 287 g/mol. The molecule has 2 unspecified atom stereocenters. The van der Waals surface area contributed by atoms with Gasteiger partial charge in [-0.25, -0.2) is 4.98 Å². The highest BCUT2D eigenvalue weighted by Gasteiger charge is 2.34. The van der Waals surface area contributed by atoms with Crippen LogP contribution in [0.2, 0.25) is 0 Å². The minimum absolute atomic E-state index is 0.0638. The van der Waals surface area contributed by atoms with Crippen LogP contribution in [0.4, 0.5) is 5.82 Å². The lowest BCUT2D eigenvalue weighted by Crippen LogP contribution is -2.27. The first-order valence-corrected chi connectivity index (χ1v) is 7.16. The minimum Gasteiger partial charge on any atom is -0.377 e. The highest BCUT2D eigenvalue weighted by molar-refractivity contribution is 5.81. The minimum atomic E-state index is 0.0638. The lowest BCUT2D eigenvalue weighted by Gasteiger charge is -2.20. The molecule has 1 saturated heterocycles. The van der Waals surface area contributed by atoms with Crippen molar-refractivity contribution in [1.82, 2.24) is 4.98 Å². The maximum absolute atomic E-state index is 5.91. The summed E-state index contributed by atoms with van der Waals surface area (Å²) < 4.78 is 11.0. The number of benzene rings is 1. The number of nitrogens with zero attached hydrogens (tertiary/aromatic N) is 2. The number of para-hydroxylation sites is 1. The highest BCUT2D eigenvalue weighted by Crippen LogP contribution is 2.27. The van der Waals surface area contributed by atoms with Crippen LogP contribution >= 0.6 is 0 Å². The van der Waals surface area contributed by atoms with Gasteiger partial charge in [-0.3, -0.25) is 0 Å². The summed E-state index contributed by atoms with van der Waals surface area (Å²) in [6.45, 7) is 2.01. The molecule has 5 nitrogen and oxygen atoms in total. The van der Waals surface area contributed by atoms with Crippen molar-refractivity contribution >= 4 is 16.7 Å². The number of methoxy groups -OCH3 is 2. The van der Waals surface area contributed by atoms with Gasteiger partial charge in [0.05, 0.1) is 5.52 Å². The zero-order valence-electron chi connectivity index (χ0n) is 12.5. The van der Waals surface area contributed by atoms with Gasteiger partial charge in [-0.1, -0.05) is 18.2 Å². The van der Waals surface area contributed by atoms with E-state index in [4.69, 9.17) is 20.2 Å². The van der Waals surface area contributed by atoms with Gasteiger partial charge in [-0.2, -0.15) is 0 Å². The van der Waals surface area contributed by atoms with E-state index < -0.39 is 0 Å². The summed E-state index contributed by atoms with van der Waals surface area (Å²) in [5.74, 6) is 0.942. The Kier molecular flexibility index (Phi) is 4.05. The molecular formula is C16H21N3O2. The molecule has 21 heavy (non-hydrogen) atoms. The molecule has 0 aliphatic carbocycles. The zero-order valence-corrected chi connectivity index (χ0v) is 12.5. The lowest BCUT2D eigenvalue weighted by atomic mass is 10.1. The third kappa shape index (κ3) is 2.60. The second-order valence-corrected chi connectivity index (χ2v) is 5.32. The van der Waals surface area contributed by atoms with Gasteiger partial charge >= 0.3 is 0 Å². The topological polar surface area (TPSA) is 60.6 Å². The van der Waals surface area contributed by atoms with Crippen molar-refractivity contribution in [3.8, 4) is 0 Å². The molecule has 1 aliphatic rings.